The highest BCUT2D eigenvalue weighted by Gasteiger charge is 2.42. The first-order chi connectivity index (χ1) is 17.3. The lowest BCUT2D eigenvalue weighted by Gasteiger charge is -2.28. The van der Waals surface area contributed by atoms with Gasteiger partial charge in [0, 0.05) is 41.6 Å². The van der Waals surface area contributed by atoms with Crippen LogP contribution in [0.3, 0.4) is 0 Å². The molecule has 2 bridgehead atoms. The fourth-order valence-corrected chi connectivity index (χ4v) is 5.31. The van der Waals surface area contributed by atoms with Gasteiger partial charge in [-0.25, -0.2) is 0 Å². The highest BCUT2D eigenvalue weighted by molar-refractivity contribution is 5.98. The van der Waals surface area contributed by atoms with E-state index in [1.54, 1.807) is 0 Å². The number of carbonyl (C=O) groups is 1. The third-order valence-corrected chi connectivity index (χ3v) is 6.92. The molecule has 0 spiro atoms. The van der Waals surface area contributed by atoms with Crippen molar-refractivity contribution in [3.8, 4) is 0 Å². The molecule has 0 radical (unpaired) electrons. The van der Waals surface area contributed by atoms with Crippen LogP contribution in [-0.2, 0) is 6.18 Å². The Morgan fingerprint density at radius 1 is 1.14 bits per heavy atom. The fourth-order valence-electron chi connectivity index (χ4n) is 5.31. The molecule has 2 saturated heterocycles. The molecule has 2 N–H and O–H groups in total. The molecule has 1 amide bonds. The van der Waals surface area contributed by atoms with Crippen molar-refractivity contribution >= 4 is 16.8 Å². The average molecular weight is 525 g/mol. The summed E-state index contributed by atoms with van der Waals surface area (Å²) in [6, 6.07) is 3.34. The van der Waals surface area contributed by atoms with E-state index in [-0.39, 0.29) is 24.0 Å². The largest absolute Gasteiger partial charge is 0.418 e. The van der Waals surface area contributed by atoms with Gasteiger partial charge in [-0.3, -0.25) is 9.59 Å². The smallest absolute Gasteiger partial charge is 0.369 e. The molecule has 2 aromatic rings. The number of aromatic amines is 1. The molecule has 37 heavy (non-hydrogen) atoms. The molecule has 0 aliphatic carbocycles. The Balaban J connectivity index is 1.74. The van der Waals surface area contributed by atoms with Gasteiger partial charge in [0.05, 0.1) is 16.5 Å². The Morgan fingerprint density at radius 3 is 2.30 bits per heavy atom. The summed E-state index contributed by atoms with van der Waals surface area (Å²) in [5, 5.41) is 1.31. The lowest BCUT2D eigenvalue weighted by atomic mass is 10.0. The normalized spacial score (nSPS) is 20.8. The molecule has 4 rings (SSSR count). The number of rotatable bonds is 6. The number of nitrogens with one attached hydrogen (secondary N) is 2. The van der Waals surface area contributed by atoms with E-state index in [4.69, 9.17) is 0 Å². The summed E-state index contributed by atoms with van der Waals surface area (Å²) in [4.78, 5) is 30.1. The SMILES string of the molecule is C=CC/C(=C\C(=C(/C)NC(=O)c1c[nH]c2cccc(C(F)(F)F)c2c1=O)C(F)(F)F)N1C2CCC1CC2. The van der Waals surface area contributed by atoms with Crippen LogP contribution in [0.2, 0.25) is 0 Å². The summed E-state index contributed by atoms with van der Waals surface area (Å²) in [6.45, 7) is 4.69. The van der Waals surface area contributed by atoms with Gasteiger partial charge in [-0.15, -0.1) is 6.58 Å². The van der Waals surface area contributed by atoms with Gasteiger partial charge in [0.2, 0.25) is 5.43 Å². The molecule has 1 aromatic heterocycles. The maximum absolute atomic E-state index is 14.1. The van der Waals surface area contributed by atoms with E-state index in [0.29, 0.717) is 11.8 Å². The summed E-state index contributed by atoms with van der Waals surface area (Å²) in [6.07, 6.45) is -2.56. The number of aromatic nitrogens is 1. The maximum Gasteiger partial charge on any atom is 0.418 e. The third-order valence-electron chi connectivity index (χ3n) is 6.92. The fraction of sp³-hybridized carbons (Fsp3) is 0.385. The molecule has 3 heterocycles. The monoisotopic (exact) mass is 525 g/mol. The van der Waals surface area contributed by atoms with Crippen molar-refractivity contribution in [2.45, 2.75) is 63.5 Å². The Morgan fingerprint density at radius 2 is 1.76 bits per heavy atom. The van der Waals surface area contributed by atoms with Gasteiger partial charge in [-0.05, 0) is 50.8 Å². The summed E-state index contributed by atoms with van der Waals surface area (Å²) < 4.78 is 82.6. The number of fused-ring (bicyclic) bond motifs is 3. The van der Waals surface area contributed by atoms with E-state index in [2.05, 4.69) is 16.9 Å². The zero-order chi connectivity index (χ0) is 27.1. The van der Waals surface area contributed by atoms with Crippen LogP contribution in [0.25, 0.3) is 10.9 Å². The first kappa shape index (κ1) is 26.6. The zero-order valence-corrected chi connectivity index (χ0v) is 19.9. The van der Waals surface area contributed by atoms with Crippen LogP contribution in [0.4, 0.5) is 26.3 Å². The number of halogens is 6. The van der Waals surface area contributed by atoms with Crippen molar-refractivity contribution in [3.05, 3.63) is 81.4 Å². The number of hydrogen-bond donors (Lipinski definition) is 2. The Labute approximate surface area is 208 Å². The molecule has 198 valence electrons. The van der Waals surface area contributed by atoms with Crippen LogP contribution in [-0.4, -0.2) is 34.1 Å². The second-order valence-corrected chi connectivity index (χ2v) is 9.25. The molecule has 0 atom stereocenters. The minimum absolute atomic E-state index is 0.152. The van der Waals surface area contributed by atoms with Crippen LogP contribution in [0.15, 0.2) is 64.9 Å². The van der Waals surface area contributed by atoms with Crippen molar-refractivity contribution < 1.29 is 31.1 Å². The second kappa shape index (κ2) is 9.75. The number of H-pyrrole nitrogens is 1. The van der Waals surface area contributed by atoms with E-state index in [9.17, 15) is 35.9 Å². The van der Waals surface area contributed by atoms with Crippen LogP contribution < -0.4 is 10.7 Å². The van der Waals surface area contributed by atoms with Crippen LogP contribution in [0.5, 0.6) is 0 Å². The van der Waals surface area contributed by atoms with Crippen molar-refractivity contribution in [2.75, 3.05) is 0 Å². The standard InChI is InChI=1S/C26H25F6N3O2/c1-3-5-17(35-15-8-9-16(35)11-10-15)12-20(26(30,31)32)14(2)34-24(37)18-13-33-21-7-4-6-19(25(27,28)29)22(21)23(18)36/h3-4,6-7,12-13,15-16H,1,5,8-11H2,2H3,(H,33,36)(H,34,37)/b17-12+,20-14-. The Hall–Kier alpha value is -3.50. The van der Waals surface area contributed by atoms with Crippen molar-refractivity contribution in [2.24, 2.45) is 0 Å². The van der Waals surface area contributed by atoms with E-state index >= 15 is 0 Å². The summed E-state index contributed by atoms with van der Waals surface area (Å²) in [5.41, 5.74) is -4.64. The number of benzene rings is 1. The molecule has 0 saturated carbocycles. The first-order valence-corrected chi connectivity index (χ1v) is 11.7. The molecule has 0 unspecified atom stereocenters. The maximum atomic E-state index is 14.1. The van der Waals surface area contributed by atoms with Crippen LogP contribution >= 0.6 is 0 Å². The van der Waals surface area contributed by atoms with Gasteiger partial charge in [0.15, 0.2) is 0 Å². The molecule has 5 nitrogen and oxygen atoms in total. The summed E-state index contributed by atoms with van der Waals surface area (Å²) >= 11 is 0. The van der Waals surface area contributed by atoms with Gasteiger partial charge in [-0.2, -0.15) is 26.3 Å². The molecule has 11 heteroatoms. The van der Waals surface area contributed by atoms with Crippen molar-refractivity contribution in [1.82, 2.24) is 15.2 Å². The number of hydrogen-bond acceptors (Lipinski definition) is 3. The van der Waals surface area contributed by atoms with Gasteiger partial charge in [-0.1, -0.05) is 12.1 Å². The lowest BCUT2D eigenvalue weighted by Crippen LogP contribution is -2.31. The minimum Gasteiger partial charge on any atom is -0.369 e. The topological polar surface area (TPSA) is 65.2 Å². The quantitative estimate of drug-likeness (QED) is 0.268. The Kier molecular flexibility index (Phi) is 7.00. The first-order valence-electron chi connectivity index (χ1n) is 11.7. The molecule has 2 fully saturated rings. The lowest BCUT2D eigenvalue weighted by molar-refractivity contribution is -0.136. The number of pyridine rings is 1. The second-order valence-electron chi connectivity index (χ2n) is 9.25. The number of allylic oxidation sites excluding steroid dienone is 4. The van der Waals surface area contributed by atoms with E-state index < -0.39 is 51.5 Å². The van der Waals surface area contributed by atoms with Crippen LogP contribution in [0, 0.1) is 0 Å². The highest BCUT2D eigenvalue weighted by atomic mass is 19.4. The molecular formula is C26H25F6N3O2. The highest BCUT2D eigenvalue weighted by Crippen LogP contribution is 2.42. The predicted molar refractivity (Wildman–Crippen MR) is 127 cm³/mol. The number of carbonyl (C=O) groups excluding carboxylic acids is 1. The minimum atomic E-state index is -4.87. The van der Waals surface area contributed by atoms with E-state index in [1.165, 1.54) is 12.1 Å². The number of amides is 1. The Bertz CT molecular complexity index is 1330. The van der Waals surface area contributed by atoms with E-state index in [1.807, 2.05) is 4.90 Å². The van der Waals surface area contributed by atoms with E-state index in [0.717, 1.165) is 50.9 Å². The predicted octanol–water partition coefficient (Wildman–Crippen LogP) is 6.20. The van der Waals surface area contributed by atoms with Crippen molar-refractivity contribution in [3.63, 3.8) is 0 Å². The van der Waals surface area contributed by atoms with Gasteiger partial charge in [0.1, 0.15) is 5.56 Å². The molecular weight excluding hydrogens is 500 g/mol. The zero-order valence-electron chi connectivity index (χ0n) is 19.9. The van der Waals surface area contributed by atoms with Crippen molar-refractivity contribution in [1.29, 1.82) is 0 Å². The number of nitrogens with zero attached hydrogens (tertiary/aromatic N) is 1. The van der Waals surface area contributed by atoms with Gasteiger partial charge < -0.3 is 15.2 Å². The van der Waals surface area contributed by atoms with Gasteiger partial charge >= 0.3 is 12.4 Å². The number of alkyl halides is 6. The molecule has 2 aliphatic heterocycles. The molecule has 2 aliphatic rings. The van der Waals surface area contributed by atoms with Crippen LogP contribution in [0.1, 0.15) is 54.9 Å². The average Bonchev–Trinajstić information content (AvgIpc) is 3.40. The summed E-state index contributed by atoms with van der Waals surface area (Å²) in [7, 11) is 0. The third kappa shape index (κ3) is 5.17. The molecule has 1 aromatic carbocycles. The summed E-state index contributed by atoms with van der Waals surface area (Å²) in [5.74, 6) is -1.25. The van der Waals surface area contributed by atoms with Gasteiger partial charge in [0.25, 0.3) is 5.91 Å².